The van der Waals surface area contributed by atoms with Crippen molar-refractivity contribution >= 4 is 18.3 Å². The van der Waals surface area contributed by atoms with E-state index in [0.717, 1.165) is 58.8 Å². The first-order valence-corrected chi connectivity index (χ1v) is 10.6. The summed E-state index contributed by atoms with van der Waals surface area (Å²) in [6, 6.07) is 1.91. The summed E-state index contributed by atoms with van der Waals surface area (Å²) in [5.41, 5.74) is -0.467. The lowest BCUT2D eigenvalue weighted by atomic mass is 9.79. The third-order valence-corrected chi connectivity index (χ3v) is 6.84. The summed E-state index contributed by atoms with van der Waals surface area (Å²) in [5, 5.41) is 11.2. The fourth-order valence-electron chi connectivity index (χ4n) is 5.18. The van der Waals surface area contributed by atoms with Crippen LogP contribution in [0, 0.1) is 0 Å². The largest absolute Gasteiger partial charge is 0.379 e. The normalized spacial score (nSPS) is 24.9. The van der Waals surface area contributed by atoms with Crippen molar-refractivity contribution < 1.29 is 9.53 Å². The Labute approximate surface area is 174 Å². The summed E-state index contributed by atoms with van der Waals surface area (Å²) in [7, 11) is 0. The second-order valence-electron chi connectivity index (χ2n) is 8.30. The Kier molecular flexibility index (Phi) is 7.36. The molecule has 0 unspecified atom stereocenters. The van der Waals surface area contributed by atoms with E-state index < -0.39 is 5.54 Å². The fourth-order valence-corrected chi connectivity index (χ4v) is 5.18. The van der Waals surface area contributed by atoms with Crippen LogP contribution in [0.4, 0.5) is 0 Å². The Morgan fingerprint density at radius 3 is 2.46 bits per heavy atom. The standard InChI is InChI=1S/C20H33N5O2.ClH/c26-18(20(7-10-21-11-8-20)25-12-4-9-23-25)22-17-19(5-2-1-3-6-19)24-13-15-27-16-14-24;/h4,9,12,21H,1-3,5-8,10-11,13-17H2,(H,22,26);1H. The molecule has 7 nitrogen and oxygen atoms in total. The van der Waals surface area contributed by atoms with Crippen molar-refractivity contribution in [3.8, 4) is 0 Å². The van der Waals surface area contributed by atoms with Gasteiger partial charge < -0.3 is 15.4 Å². The first-order chi connectivity index (χ1) is 13.3. The molecule has 1 aromatic heterocycles. The highest BCUT2D eigenvalue weighted by atomic mass is 35.5. The lowest BCUT2D eigenvalue weighted by Crippen LogP contribution is -2.62. The van der Waals surface area contributed by atoms with Gasteiger partial charge in [0, 0.05) is 37.6 Å². The van der Waals surface area contributed by atoms with E-state index >= 15 is 0 Å². The van der Waals surface area contributed by atoms with Crippen LogP contribution in [-0.2, 0) is 15.1 Å². The highest BCUT2D eigenvalue weighted by Gasteiger charge is 2.44. The van der Waals surface area contributed by atoms with Crippen LogP contribution in [0.3, 0.4) is 0 Å². The summed E-state index contributed by atoms with van der Waals surface area (Å²) < 4.78 is 7.45. The number of amides is 1. The molecule has 158 valence electrons. The Bertz CT molecular complexity index is 606. The molecule has 0 radical (unpaired) electrons. The van der Waals surface area contributed by atoms with Gasteiger partial charge in [-0.15, -0.1) is 12.4 Å². The molecule has 28 heavy (non-hydrogen) atoms. The lowest BCUT2D eigenvalue weighted by molar-refractivity contribution is -0.133. The highest BCUT2D eigenvalue weighted by Crippen LogP contribution is 2.34. The highest BCUT2D eigenvalue weighted by molar-refractivity contribution is 5.85. The van der Waals surface area contributed by atoms with Gasteiger partial charge in [-0.2, -0.15) is 5.10 Å². The van der Waals surface area contributed by atoms with Crippen molar-refractivity contribution in [1.82, 2.24) is 25.3 Å². The number of carbonyl (C=O) groups excluding carboxylic acids is 1. The zero-order chi connectivity index (χ0) is 18.6. The number of halogens is 1. The Balaban J connectivity index is 0.00000225. The van der Waals surface area contributed by atoms with Gasteiger partial charge in [0.05, 0.1) is 13.2 Å². The third kappa shape index (κ3) is 4.22. The van der Waals surface area contributed by atoms with E-state index in [1.54, 1.807) is 6.20 Å². The molecule has 0 aromatic carbocycles. The molecule has 0 spiro atoms. The zero-order valence-corrected chi connectivity index (χ0v) is 17.5. The first kappa shape index (κ1) is 21.6. The number of hydrogen-bond acceptors (Lipinski definition) is 5. The van der Waals surface area contributed by atoms with E-state index in [1.165, 1.54) is 32.1 Å². The first-order valence-electron chi connectivity index (χ1n) is 10.6. The van der Waals surface area contributed by atoms with E-state index in [-0.39, 0.29) is 23.9 Å². The van der Waals surface area contributed by atoms with E-state index in [0.29, 0.717) is 0 Å². The second kappa shape index (κ2) is 9.57. The van der Waals surface area contributed by atoms with E-state index in [9.17, 15) is 4.79 Å². The predicted octanol–water partition coefficient (Wildman–Crippen LogP) is 1.53. The van der Waals surface area contributed by atoms with Crippen molar-refractivity contribution in [3.05, 3.63) is 18.5 Å². The van der Waals surface area contributed by atoms with E-state index in [1.807, 2.05) is 16.9 Å². The molecule has 1 aliphatic carbocycles. The number of nitrogens with one attached hydrogen (secondary N) is 2. The molecule has 1 aromatic rings. The smallest absolute Gasteiger partial charge is 0.248 e. The summed E-state index contributed by atoms with van der Waals surface area (Å²) in [6.45, 7) is 6.00. The zero-order valence-electron chi connectivity index (χ0n) is 16.7. The number of nitrogens with zero attached hydrogens (tertiary/aromatic N) is 3. The minimum absolute atomic E-state index is 0. The van der Waals surface area contributed by atoms with Crippen LogP contribution < -0.4 is 10.6 Å². The maximum atomic E-state index is 13.4. The number of hydrogen-bond donors (Lipinski definition) is 2. The van der Waals surface area contributed by atoms with Crippen LogP contribution in [-0.4, -0.2) is 72.1 Å². The Morgan fingerprint density at radius 2 is 1.82 bits per heavy atom. The molecule has 8 heteroatoms. The van der Waals surface area contributed by atoms with Crippen LogP contribution in [0.2, 0.25) is 0 Å². The van der Waals surface area contributed by atoms with Gasteiger partial charge in [0.25, 0.3) is 0 Å². The van der Waals surface area contributed by atoms with Gasteiger partial charge in [-0.25, -0.2) is 0 Å². The quantitative estimate of drug-likeness (QED) is 0.768. The van der Waals surface area contributed by atoms with Crippen molar-refractivity contribution in [3.63, 3.8) is 0 Å². The van der Waals surface area contributed by atoms with Crippen molar-refractivity contribution in [1.29, 1.82) is 0 Å². The monoisotopic (exact) mass is 411 g/mol. The molecule has 3 heterocycles. The molecule has 1 amide bonds. The van der Waals surface area contributed by atoms with Crippen LogP contribution in [0.1, 0.15) is 44.9 Å². The van der Waals surface area contributed by atoms with E-state index in [4.69, 9.17) is 4.74 Å². The third-order valence-electron chi connectivity index (χ3n) is 6.84. The van der Waals surface area contributed by atoms with Crippen molar-refractivity contribution in [2.45, 2.75) is 56.0 Å². The molecule has 2 aliphatic heterocycles. The molecule has 3 fully saturated rings. The topological polar surface area (TPSA) is 71.4 Å². The minimum Gasteiger partial charge on any atom is -0.379 e. The molecule has 0 bridgehead atoms. The predicted molar refractivity (Wildman–Crippen MR) is 111 cm³/mol. The number of aromatic nitrogens is 2. The molecule has 0 atom stereocenters. The van der Waals surface area contributed by atoms with Gasteiger partial charge in [0.1, 0.15) is 5.54 Å². The minimum atomic E-state index is -0.560. The molecule has 2 N–H and O–H groups in total. The van der Waals surface area contributed by atoms with E-state index in [2.05, 4.69) is 20.6 Å². The number of ether oxygens (including phenoxy) is 1. The van der Waals surface area contributed by atoms with Crippen LogP contribution >= 0.6 is 12.4 Å². The average Bonchev–Trinajstić information content (AvgIpc) is 3.29. The number of piperidine rings is 1. The maximum absolute atomic E-state index is 13.4. The summed E-state index contributed by atoms with van der Waals surface area (Å²) >= 11 is 0. The Morgan fingerprint density at radius 1 is 1.11 bits per heavy atom. The lowest BCUT2D eigenvalue weighted by Gasteiger charge is -2.48. The second-order valence-corrected chi connectivity index (χ2v) is 8.30. The van der Waals surface area contributed by atoms with Gasteiger partial charge in [0.15, 0.2) is 0 Å². The molecule has 4 rings (SSSR count). The molecule has 1 saturated carbocycles. The van der Waals surface area contributed by atoms with Gasteiger partial charge in [-0.05, 0) is 44.8 Å². The van der Waals surface area contributed by atoms with Gasteiger partial charge in [-0.1, -0.05) is 19.3 Å². The number of rotatable bonds is 5. The molecule has 2 saturated heterocycles. The maximum Gasteiger partial charge on any atom is 0.248 e. The van der Waals surface area contributed by atoms with Gasteiger partial charge >= 0.3 is 0 Å². The van der Waals surface area contributed by atoms with Gasteiger partial charge in [-0.3, -0.25) is 14.4 Å². The summed E-state index contributed by atoms with van der Waals surface area (Å²) in [5.74, 6) is 0.130. The number of carbonyl (C=O) groups is 1. The van der Waals surface area contributed by atoms with Crippen LogP contribution in [0.15, 0.2) is 18.5 Å². The SMILES string of the molecule is Cl.O=C(NCC1(N2CCOCC2)CCCCC1)C1(n2cccn2)CCNCC1. The number of morpholine rings is 1. The van der Waals surface area contributed by atoms with Crippen molar-refractivity contribution in [2.24, 2.45) is 0 Å². The Hall–Kier alpha value is -1.15. The molecular weight excluding hydrogens is 378 g/mol. The molecule has 3 aliphatic rings. The summed E-state index contributed by atoms with van der Waals surface area (Å²) in [6.07, 6.45) is 11.4. The summed E-state index contributed by atoms with van der Waals surface area (Å²) in [4.78, 5) is 16.0. The average molecular weight is 412 g/mol. The van der Waals surface area contributed by atoms with Crippen molar-refractivity contribution in [2.75, 3.05) is 45.9 Å². The van der Waals surface area contributed by atoms with Gasteiger partial charge in [0.2, 0.25) is 5.91 Å². The van der Waals surface area contributed by atoms with Crippen LogP contribution in [0.25, 0.3) is 0 Å². The molecular formula is C20H34ClN5O2. The fraction of sp³-hybridized carbons (Fsp3) is 0.800. The van der Waals surface area contributed by atoms with Crippen LogP contribution in [0.5, 0.6) is 0 Å².